The van der Waals surface area contributed by atoms with Gasteiger partial charge in [0.2, 0.25) is 5.95 Å². The van der Waals surface area contributed by atoms with Gasteiger partial charge in [-0.2, -0.15) is 4.39 Å². The predicted molar refractivity (Wildman–Crippen MR) is 117 cm³/mol. The average Bonchev–Trinajstić information content (AvgIpc) is 2.77. The van der Waals surface area contributed by atoms with Crippen LogP contribution in [0.5, 0.6) is 0 Å². The zero-order valence-corrected chi connectivity index (χ0v) is 17.4. The maximum atomic E-state index is 13.3. The van der Waals surface area contributed by atoms with Gasteiger partial charge in [0.15, 0.2) is 0 Å². The molecule has 1 saturated heterocycles. The van der Waals surface area contributed by atoms with Crippen molar-refractivity contribution in [2.45, 2.75) is 6.92 Å². The highest BCUT2D eigenvalue weighted by Crippen LogP contribution is 2.28. The van der Waals surface area contributed by atoms with E-state index in [2.05, 4.69) is 10.3 Å². The average molecular weight is 422 g/mol. The fraction of sp³-hybridized carbons (Fsp3) is 0.261. The van der Waals surface area contributed by atoms with Gasteiger partial charge in [0.25, 0.3) is 11.5 Å². The second-order valence-corrected chi connectivity index (χ2v) is 7.48. The first-order valence-corrected chi connectivity index (χ1v) is 9.99. The summed E-state index contributed by atoms with van der Waals surface area (Å²) in [5, 5.41) is 2.80. The number of hydrogen-bond donors (Lipinski definition) is 1. The van der Waals surface area contributed by atoms with Crippen LogP contribution in [0.3, 0.4) is 0 Å². The SMILES string of the molecule is Cc1ccc(NC(=O)c2ccnc(F)c2)cc1-c1cc(N2CCOCC2)c(=O)n(C)c1. The van der Waals surface area contributed by atoms with E-state index in [9.17, 15) is 14.0 Å². The van der Waals surface area contributed by atoms with Crippen LogP contribution >= 0.6 is 0 Å². The molecule has 3 aromatic rings. The van der Waals surface area contributed by atoms with E-state index in [-0.39, 0.29) is 11.1 Å². The number of halogens is 1. The van der Waals surface area contributed by atoms with Crippen LogP contribution in [0.25, 0.3) is 11.1 Å². The van der Waals surface area contributed by atoms with Crippen LogP contribution in [0, 0.1) is 12.9 Å². The number of rotatable bonds is 4. The zero-order valence-electron chi connectivity index (χ0n) is 17.4. The van der Waals surface area contributed by atoms with Crippen molar-refractivity contribution in [1.29, 1.82) is 0 Å². The molecule has 8 heteroatoms. The molecule has 160 valence electrons. The van der Waals surface area contributed by atoms with E-state index < -0.39 is 11.9 Å². The van der Waals surface area contributed by atoms with E-state index in [1.165, 1.54) is 12.3 Å². The number of carbonyl (C=O) groups is 1. The third-order valence-electron chi connectivity index (χ3n) is 5.31. The third-order valence-corrected chi connectivity index (χ3v) is 5.31. The molecule has 1 fully saturated rings. The summed E-state index contributed by atoms with van der Waals surface area (Å²) in [7, 11) is 1.73. The molecule has 0 aliphatic carbocycles. The first-order chi connectivity index (χ1) is 14.9. The van der Waals surface area contributed by atoms with Crippen molar-refractivity contribution in [1.82, 2.24) is 9.55 Å². The van der Waals surface area contributed by atoms with Crippen molar-refractivity contribution < 1.29 is 13.9 Å². The fourth-order valence-corrected chi connectivity index (χ4v) is 3.63. The van der Waals surface area contributed by atoms with Crippen LogP contribution in [0.15, 0.2) is 53.6 Å². The van der Waals surface area contributed by atoms with Crippen molar-refractivity contribution in [3.8, 4) is 11.1 Å². The van der Waals surface area contributed by atoms with Crippen LogP contribution in [0.2, 0.25) is 0 Å². The molecule has 7 nitrogen and oxygen atoms in total. The van der Waals surface area contributed by atoms with Crippen molar-refractivity contribution >= 4 is 17.3 Å². The number of ether oxygens (including phenoxy) is 1. The Kier molecular flexibility index (Phi) is 5.81. The number of hydrogen-bond acceptors (Lipinski definition) is 5. The molecule has 31 heavy (non-hydrogen) atoms. The molecule has 1 aliphatic rings. The standard InChI is InChI=1S/C23H23FN4O3/c1-15-3-4-18(26-22(29)16-5-6-25-21(24)12-16)13-19(15)17-11-20(23(30)27(2)14-17)28-7-9-31-10-8-28/h3-6,11-14H,7-10H2,1-2H3,(H,26,29). The Morgan fingerprint density at radius 2 is 1.94 bits per heavy atom. The molecule has 0 bridgehead atoms. The minimum atomic E-state index is -0.710. The maximum absolute atomic E-state index is 13.3. The Morgan fingerprint density at radius 3 is 2.68 bits per heavy atom. The molecule has 1 N–H and O–H groups in total. The van der Waals surface area contributed by atoms with Gasteiger partial charge in [0.1, 0.15) is 5.69 Å². The van der Waals surface area contributed by atoms with Gasteiger partial charge in [-0.3, -0.25) is 9.59 Å². The van der Waals surface area contributed by atoms with Gasteiger partial charge < -0.3 is 19.5 Å². The molecule has 4 rings (SSSR count). The van der Waals surface area contributed by atoms with Gasteiger partial charge in [0.05, 0.1) is 13.2 Å². The monoisotopic (exact) mass is 422 g/mol. The molecule has 1 amide bonds. The number of aryl methyl sites for hydroxylation is 2. The lowest BCUT2D eigenvalue weighted by atomic mass is 10.0. The number of morpholine rings is 1. The van der Waals surface area contributed by atoms with Crippen LogP contribution in [-0.2, 0) is 11.8 Å². The molecule has 1 aliphatic heterocycles. The summed E-state index contributed by atoms with van der Waals surface area (Å²) in [6, 6.07) is 9.98. The smallest absolute Gasteiger partial charge is 0.273 e. The Hall–Kier alpha value is -3.52. The van der Waals surface area contributed by atoms with E-state index in [1.54, 1.807) is 23.9 Å². The lowest BCUT2D eigenvalue weighted by Crippen LogP contribution is -2.40. The third kappa shape index (κ3) is 4.49. The van der Waals surface area contributed by atoms with Crippen LogP contribution in [0.4, 0.5) is 15.8 Å². The predicted octanol–water partition coefficient (Wildman–Crippen LogP) is 2.98. The van der Waals surface area contributed by atoms with E-state index in [0.29, 0.717) is 37.7 Å². The summed E-state index contributed by atoms with van der Waals surface area (Å²) in [5.74, 6) is -1.14. The van der Waals surface area contributed by atoms with E-state index in [0.717, 1.165) is 22.8 Å². The number of aromatic nitrogens is 2. The molecule has 0 atom stereocenters. The molecule has 0 spiro atoms. The molecular weight excluding hydrogens is 399 g/mol. The first kappa shape index (κ1) is 20.7. The van der Waals surface area contributed by atoms with Crippen molar-refractivity contribution in [3.63, 3.8) is 0 Å². The second kappa shape index (κ2) is 8.69. The number of pyridine rings is 2. The summed E-state index contributed by atoms with van der Waals surface area (Å²) >= 11 is 0. The summed E-state index contributed by atoms with van der Waals surface area (Å²) < 4.78 is 20.3. The minimum absolute atomic E-state index is 0.0625. The summed E-state index contributed by atoms with van der Waals surface area (Å²) in [5.41, 5.74) is 4.09. The van der Waals surface area contributed by atoms with E-state index >= 15 is 0 Å². The van der Waals surface area contributed by atoms with Crippen molar-refractivity contribution in [2.75, 3.05) is 36.5 Å². The number of anilines is 2. The normalized spacial score (nSPS) is 13.8. The number of benzene rings is 1. The van der Waals surface area contributed by atoms with Gasteiger partial charge in [-0.05, 0) is 42.3 Å². The Balaban J connectivity index is 1.68. The Labute approximate surface area is 179 Å². The zero-order chi connectivity index (χ0) is 22.0. The fourth-order valence-electron chi connectivity index (χ4n) is 3.63. The summed E-state index contributed by atoms with van der Waals surface area (Å²) in [6.07, 6.45) is 3.04. The molecule has 3 heterocycles. The first-order valence-electron chi connectivity index (χ1n) is 9.99. The van der Waals surface area contributed by atoms with Crippen LogP contribution in [-0.4, -0.2) is 41.8 Å². The quantitative estimate of drug-likeness (QED) is 0.655. The molecule has 2 aromatic heterocycles. The minimum Gasteiger partial charge on any atom is -0.378 e. The number of nitrogens with zero attached hydrogens (tertiary/aromatic N) is 3. The number of nitrogens with one attached hydrogen (secondary N) is 1. The molecular formula is C23H23FN4O3. The van der Waals surface area contributed by atoms with Crippen molar-refractivity contribution in [3.05, 3.63) is 76.2 Å². The van der Waals surface area contributed by atoms with Crippen LogP contribution in [0.1, 0.15) is 15.9 Å². The van der Waals surface area contributed by atoms with Crippen molar-refractivity contribution in [2.24, 2.45) is 7.05 Å². The van der Waals surface area contributed by atoms with E-state index in [4.69, 9.17) is 4.74 Å². The highest BCUT2D eigenvalue weighted by molar-refractivity contribution is 6.04. The van der Waals surface area contributed by atoms with Gasteiger partial charge in [-0.1, -0.05) is 6.07 Å². The number of carbonyl (C=O) groups excluding carboxylic acids is 1. The van der Waals surface area contributed by atoms with Gasteiger partial charge >= 0.3 is 0 Å². The largest absolute Gasteiger partial charge is 0.378 e. The lowest BCUT2D eigenvalue weighted by molar-refractivity contribution is 0.102. The Morgan fingerprint density at radius 1 is 1.16 bits per heavy atom. The van der Waals surface area contributed by atoms with Gasteiger partial charge in [-0.15, -0.1) is 0 Å². The van der Waals surface area contributed by atoms with Gasteiger partial charge in [0, 0.05) is 55.4 Å². The topological polar surface area (TPSA) is 76.5 Å². The number of amides is 1. The summed E-state index contributed by atoms with van der Waals surface area (Å²) in [6.45, 7) is 4.47. The second-order valence-electron chi connectivity index (χ2n) is 7.48. The maximum Gasteiger partial charge on any atom is 0.273 e. The molecule has 1 aromatic carbocycles. The Bertz CT molecular complexity index is 1190. The van der Waals surface area contributed by atoms with Gasteiger partial charge in [-0.25, -0.2) is 4.98 Å². The highest BCUT2D eigenvalue weighted by Gasteiger charge is 2.17. The molecule has 0 unspecified atom stereocenters. The molecule has 0 saturated carbocycles. The van der Waals surface area contributed by atoms with E-state index in [1.807, 2.05) is 30.0 Å². The lowest BCUT2D eigenvalue weighted by Gasteiger charge is -2.29. The van der Waals surface area contributed by atoms with Crippen LogP contribution < -0.4 is 15.8 Å². The molecule has 0 radical (unpaired) electrons. The summed E-state index contributed by atoms with van der Waals surface area (Å²) in [4.78, 5) is 30.7. The highest BCUT2D eigenvalue weighted by atomic mass is 19.1.